The fraction of sp³-hybridized carbons (Fsp3) is 0.0769. The van der Waals surface area contributed by atoms with Crippen molar-refractivity contribution in [2.24, 2.45) is 5.73 Å². The second-order valence-electron chi connectivity index (χ2n) is 4.08. The van der Waals surface area contributed by atoms with E-state index in [9.17, 15) is 12.8 Å². The van der Waals surface area contributed by atoms with Crippen molar-refractivity contribution in [2.75, 3.05) is 4.72 Å². The van der Waals surface area contributed by atoms with Gasteiger partial charge in [0.05, 0.1) is 0 Å². The van der Waals surface area contributed by atoms with E-state index in [1.165, 1.54) is 36.4 Å². The van der Waals surface area contributed by atoms with E-state index < -0.39 is 20.7 Å². The molecule has 0 amide bonds. The van der Waals surface area contributed by atoms with Crippen LogP contribution in [-0.4, -0.2) is 8.42 Å². The summed E-state index contributed by atoms with van der Waals surface area (Å²) in [5.74, 6) is -0.839. The monoisotopic (exact) mass is 314 g/mol. The summed E-state index contributed by atoms with van der Waals surface area (Å²) in [6.07, 6.45) is 0. The highest BCUT2D eigenvalue weighted by atomic mass is 35.5. The van der Waals surface area contributed by atoms with Crippen molar-refractivity contribution in [3.63, 3.8) is 0 Å². The molecule has 2 aromatic rings. The van der Waals surface area contributed by atoms with Crippen LogP contribution >= 0.6 is 11.6 Å². The minimum absolute atomic E-state index is 0.141. The Morgan fingerprint density at radius 1 is 1.15 bits per heavy atom. The number of rotatable bonds is 4. The maximum Gasteiger partial charge on any atom is 0.264 e. The van der Waals surface area contributed by atoms with Crippen molar-refractivity contribution < 1.29 is 12.8 Å². The summed E-state index contributed by atoms with van der Waals surface area (Å²) in [4.78, 5) is -0.426. The second kappa shape index (κ2) is 5.78. The minimum atomic E-state index is -3.99. The zero-order valence-electron chi connectivity index (χ0n) is 10.3. The van der Waals surface area contributed by atoms with Gasteiger partial charge < -0.3 is 5.73 Å². The van der Waals surface area contributed by atoms with Gasteiger partial charge in [-0.1, -0.05) is 17.7 Å². The Bertz CT molecular complexity index is 718. The molecule has 0 aliphatic heterocycles. The topological polar surface area (TPSA) is 72.2 Å². The summed E-state index contributed by atoms with van der Waals surface area (Å²) in [5, 5.41) is 0.478. The average molecular weight is 315 g/mol. The molecule has 2 rings (SSSR count). The van der Waals surface area contributed by atoms with Gasteiger partial charge >= 0.3 is 0 Å². The third kappa shape index (κ3) is 3.27. The van der Waals surface area contributed by atoms with E-state index in [4.69, 9.17) is 17.3 Å². The lowest BCUT2D eigenvalue weighted by atomic mass is 10.2. The summed E-state index contributed by atoms with van der Waals surface area (Å²) in [5.41, 5.74) is 6.20. The van der Waals surface area contributed by atoms with Gasteiger partial charge in [-0.25, -0.2) is 12.8 Å². The molecule has 4 nitrogen and oxygen atoms in total. The van der Waals surface area contributed by atoms with Crippen molar-refractivity contribution >= 4 is 27.3 Å². The Kier molecular flexibility index (Phi) is 4.27. The predicted octanol–water partition coefficient (Wildman–Crippen LogP) is 2.74. The smallest absolute Gasteiger partial charge is 0.264 e. The molecule has 0 unspecified atom stereocenters. The molecule has 0 atom stereocenters. The molecule has 0 heterocycles. The summed E-state index contributed by atoms with van der Waals surface area (Å²) in [6.45, 7) is 0.141. The number of benzene rings is 2. The fourth-order valence-corrected chi connectivity index (χ4v) is 2.86. The number of nitrogens with one attached hydrogen (secondary N) is 1. The Morgan fingerprint density at radius 3 is 2.35 bits per heavy atom. The van der Waals surface area contributed by atoms with Crippen LogP contribution in [0.15, 0.2) is 47.4 Å². The maximum atomic E-state index is 13.8. The molecule has 0 saturated carbocycles. The summed E-state index contributed by atoms with van der Waals surface area (Å²) in [7, 11) is -3.99. The average Bonchev–Trinajstić information content (AvgIpc) is 2.40. The van der Waals surface area contributed by atoms with E-state index in [0.29, 0.717) is 16.3 Å². The van der Waals surface area contributed by atoms with Gasteiger partial charge in [0.2, 0.25) is 0 Å². The molecule has 2 aromatic carbocycles. The van der Waals surface area contributed by atoms with E-state index in [0.717, 1.165) is 6.07 Å². The first-order valence-corrected chi connectivity index (χ1v) is 7.55. The van der Waals surface area contributed by atoms with Crippen LogP contribution in [0.3, 0.4) is 0 Å². The molecular weight excluding hydrogens is 303 g/mol. The molecule has 20 heavy (non-hydrogen) atoms. The number of anilines is 1. The Morgan fingerprint density at radius 2 is 1.80 bits per heavy atom. The highest BCUT2D eigenvalue weighted by Gasteiger charge is 2.19. The molecule has 0 radical (unpaired) electrons. The lowest BCUT2D eigenvalue weighted by Crippen LogP contribution is -2.15. The Labute approximate surface area is 121 Å². The third-order valence-corrected chi connectivity index (χ3v) is 4.28. The first-order valence-electron chi connectivity index (χ1n) is 5.69. The summed E-state index contributed by atoms with van der Waals surface area (Å²) in [6, 6.07) is 9.82. The van der Waals surface area contributed by atoms with Gasteiger partial charge in [-0.05, 0) is 42.0 Å². The zero-order chi connectivity index (χ0) is 14.8. The molecule has 106 valence electrons. The van der Waals surface area contributed by atoms with Gasteiger partial charge in [-0.2, -0.15) is 0 Å². The third-order valence-electron chi connectivity index (χ3n) is 2.62. The number of sulfonamides is 1. The SMILES string of the molecule is NCc1ccc(S(=O)(=O)Nc2ccc(Cl)cc2)c(F)c1. The van der Waals surface area contributed by atoms with Crippen molar-refractivity contribution in [3.8, 4) is 0 Å². The van der Waals surface area contributed by atoms with Crippen LogP contribution < -0.4 is 10.5 Å². The lowest BCUT2D eigenvalue weighted by Gasteiger charge is -2.09. The van der Waals surface area contributed by atoms with Gasteiger partial charge in [-0.15, -0.1) is 0 Å². The number of halogens is 2. The number of hydrogen-bond donors (Lipinski definition) is 2. The molecule has 0 aliphatic rings. The molecule has 7 heteroatoms. The molecule has 0 saturated heterocycles. The maximum absolute atomic E-state index is 13.8. The van der Waals surface area contributed by atoms with E-state index in [-0.39, 0.29) is 6.54 Å². The second-order valence-corrected chi connectivity index (χ2v) is 6.17. The Hall–Kier alpha value is -1.63. The van der Waals surface area contributed by atoms with Gasteiger partial charge in [0.15, 0.2) is 0 Å². The number of hydrogen-bond acceptors (Lipinski definition) is 3. The highest BCUT2D eigenvalue weighted by Crippen LogP contribution is 2.21. The van der Waals surface area contributed by atoms with Gasteiger partial charge in [0, 0.05) is 17.3 Å². The van der Waals surface area contributed by atoms with Crippen molar-refractivity contribution in [2.45, 2.75) is 11.4 Å². The van der Waals surface area contributed by atoms with Crippen LogP contribution in [0.25, 0.3) is 0 Å². The van der Waals surface area contributed by atoms with E-state index in [1.54, 1.807) is 0 Å². The molecule has 0 bridgehead atoms. The standard InChI is InChI=1S/C13H12ClFN2O2S/c14-10-2-4-11(5-3-10)17-20(18,19)13-6-1-9(8-16)7-12(13)15/h1-7,17H,8,16H2. The van der Waals surface area contributed by atoms with E-state index >= 15 is 0 Å². The molecule has 0 spiro atoms. The molecule has 0 fully saturated rings. The van der Waals surface area contributed by atoms with Crippen molar-refractivity contribution in [1.82, 2.24) is 0 Å². The van der Waals surface area contributed by atoms with Crippen LogP contribution in [0.4, 0.5) is 10.1 Å². The first-order chi connectivity index (χ1) is 9.42. The quantitative estimate of drug-likeness (QED) is 0.911. The largest absolute Gasteiger partial charge is 0.326 e. The van der Waals surface area contributed by atoms with Gasteiger partial charge in [0.25, 0.3) is 10.0 Å². The molecule has 0 aliphatic carbocycles. The normalized spacial score (nSPS) is 11.3. The van der Waals surface area contributed by atoms with Crippen LogP contribution in [0.1, 0.15) is 5.56 Å². The predicted molar refractivity (Wildman–Crippen MR) is 76.6 cm³/mol. The first kappa shape index (κ1) is 14.8. The highest BCUT2D eigenvalue weighted by molar-refractivity contribution is 7.92. The van der Waals surface area contributed by atoms with Crippen molar-refractivity contribution in [1.29, 1.82) is 0 Å². The zero-order valence-corrected chi connectivity index (χ0v) is 11.9. The summed E-state index contributed by atoms with van der Waals surface area (Å²) < 4.78 is 40.3. The summed E-state index contributed by atoms with van der Waals surface area (Å²) >= 11 is 5.71. The van der Waals surface area contributed by atoms with Crippen molar-refractivity contribution in [3.05, 3.63) is 58.9 Å². The van der Waals surface area contributed by atoms with E-state index in [2.05, 4.69) is 4.72 Å². The lowest BCUT2D eigenvalue weighted by molar-refractivity contribution is 0.569. The van der Waals surface area contributed by atoms with Crippen LogP contribution in [0, 0.1) is 5.82 Å². The van der Waals surface area contributed by atoms with Crippen LogP contribution in [0.5, 0.6) is 0 Å². The Balaban J connectivity index is 2.33. The number of nitrogens with two attached hydrogens (primary N) is 1. The molecular formula is C13H12ClFN2O2S. The minimum Gasteiger partial charge on any atom is -0.326 e. The van der Waals surface area contributed by atoms with Crippen LogP contribution in [-0.2, 0) is 16.6 Å². The van der Waals surface area contributed by atoms with Gasteiger partial charge in [0.1, 0.15) is 10.7 Å². The van der Waals surface area contributed by atoms with Crippen LogP contribution in [0.2, 0.25) is 5.02 Å². The fourth-order valence-electron chi connectivity index (χ4n) is 1.62. The molecule has 0 aromatic heterocycles. The van der Waals surface area contributed by atoms with E-state index in [1.807, 2.05) is 0 Å². The van der Waals surface area contributed by atoms with Gasteiger partial charge in [-0.3, -0.25) is 4.72 Å². The molecule has 3 N–H and O–H groups in total.